The van der Waals surface area contributed by atoms with E-state index in [1.807, 2.05) is 30.3 Å². The fourth-order valence-electron chi connectivity index (χ4n) is 3.12. The van der Waals surface area contributed by atoms with Gasteiger partial charge in [0.05, 0.1) is 12.8 Å². The molecule has 2 N–H and O–H groups in total. The van der Waals surface area contributed by atoms with Gasteiger partial charge < -0.3 is 20.3 Å². The van der Waals surface area contributed by atoms with Crippen LogP contribution in [0.15, 0.2) is 48.5 Å². The topological polar surface area (TPSA) is 56.8 Å². The number of rotatable bonds is 6. The molecule has 0 aromatic heterocycles. The van der Waals surface area contributed by atoms with Crippen molar-refractivity contribution in [3.63, 3.8) is 0 Å². The number of piperazine rings is 1. The second-order valence-corrected chi connectivity index (χ2v) is 6.39. The molecule has 7 heteroatoms. The number of ether oxygens (including phenoxy) is 1. The molecule has 2 aromatic carbocycles. The standard InChI is InChI=1S/C20H25FN4O2/c1-27-17-6-4-5-16(15-17)23-20(26)22-9-10-24-11-13-25(14-12-24)19-8-3-2-7-18(19)21/h2-8,15H,9-14H2,1H3,(H2,22,23,26). The molecule has 1 aliphatic heterocycles. The number of hydrogen-bond donors (Lipinski definition) is 2. The molecule has 2 aromatic rings. The van der Waals surface area contributed by atoms with Gasteiger partial charge in [-0.2, -0.15) is 0 Å². The van der Waals surface area contributed by atoms with Gasteiger partial charge in [0.15, 0.2) is 0 Å². The first kappa shape index (κ1) is 19.0. The number of anilines is 2. The summed E-state index contributed by atoms with van der Waals surface area (Å²) in [4.78, 5) is 16.3. The lowest BCUT2D eigenvalue weighted by Gasteiger charge is -2.36. The fraction of sp³-hybridized carbons (Fsp3) is 0.350. The number of para-hydroxylation sites is 1. The molecule has 0 saturated carbocycles. The van der Waals surface area contributed by atoms with Crippen LogP contribution in [0, 0.1) is 5.82 Å². The second-order valence-electron chi connectivity index (χ2n) is 6.39. The van der Waals surface area contributed by atoms with E-state index in [4.69, 9.17) is 4.74 Å². The minimum Gasteiger partial charge on any atom is -0.497 e. The van der Waals surface area contributed by atoms with Crippen molar-refractivity contribution in [1.82, 2.24) is 10.2 Å². The van der Waals surface area contributed by atoms with Crippen molar-refractivity contribution in [2.75, 3.05) is 56.6 Å². The first-order chi connectivity index (χ1) is 13.2. The van der Waals surface area contributed by atoms with Crippen molar-refractivity contribution in [3.05, 3.63) is 54.3 Å². The quantitative estimate of drug-likeness (QED) is 0.819. The maximum absolute atomic E-state index is 13.9. The molecule has 6 nitrogen and oxygen atoms in total. The average molecular weight is 372 g/mol. The molecule has 0 aliphatic carbocycles. The van der Waals surface area contributed by atoms with Crippen LogP contribution in [0.25, 0.3) is 0 Å². The molecule has 1 saturated heterocycles. The predicted molar refractivity (Wildman–Crippen MR) is 105 cm³/mol. The molecular weight excluding hydrogens is 347 g/mol. The molecule has 0 atom stereocenters. The Bertz CT molecular complexity index is 763. The Balaban J connectivity index is 1.37. The van der Waals surface area contributed by atoms with E-state index >= 15 is 0 Å². The summed E-state index contributed by atoms with van der Waals surface area (Å²) in [5.74, 6) is 0.516. The number of carbonyl (C=O) groups excluding carboxylic acids is 1. The first-order valence-corrected chi connectivity index (χ1v) is 9.06. The summed E-state index contributed by atoms with van der Waals surface area (Å²) in [6.45, 7) is 4.54. The van der Waals surface area contributed by atoms with E-state index in [9.17, 15) is 9.18 Å². The minimum absolute atomic E-state index is 0.179. The van der Waals surface area contributed by atoms with E-state index < -0.39 is 0 Å². The number of hydrogen-bond acceptors (Lipinski definition) is 4. The number of nitrogens with zero attached hydrogens (tertiary/aromatic N) is 2. The third-order valence-electron chi connectivity index (χ3n) is 4.61. The third-order valence-corrected chi connectivity index (χ3v) is 4.61. The molecule has 144 valence electrons. The van der Waals surface area contributed by atoms with Gasteiger partial charge >= 0.3 is 6.03 Å². The van der Waals surface area contributed by atoms with E-state index in [0.717, 1.165) is 32.7 Å². The number of benzene rings is 2. The molecule has 0 unspecified atom stereocenters. The Morgan fingerprint density at radius 2 is 1.89 bits per heavy atom. The lowest BCUT2D eigenvalue weighted by atomic mass is 10.2. The summed E-state index contributed by atoms with van der Waals surface area (Å²) in [6, 6.07) is 13.8. The molecule has 2 amide bonds. The molecule has 0 radical (unpaired) electrons. The largest absolute Gasteiger partial charge is 0.497 e. The predicted octanol–water partition coefficient (Wildman–Crippen LogP) is 2.78. The number of methoxy groups -OCH3 is 1. The van der Waals surface area contributed by atoms with Gasteiger partial charge in [-0.15, -0.1) is 0 Å². The lowest BCUT2D eigenvalue weighted by molar-refractivity contribution is 0.240. The zero-order chi connectivity index (χ0) is 19.1. The van der Waals surface area contributed by atoms with Crippen LogP contribution in [0.4, 0.5) is 20.6 Å². The minimum atomic E-state index is -0.242. The normalized spacial score (nSPS) is 14.7. The van der Waals surface area contributed by atoms with E-state index in [-0.39, 0.29) is 11.8 Å². The smallest absolute Gasteiger partial charge is 0.319 e. The summed E-state index contributed by atoms with van der Waals surface area (Å²) in [5, 5.41) is 5.65. The van der Waals surface area contributed by atoms with Crippen LogP contribution < -0.4 is 20.3 Å². The van der Waals surface area contributed by atoms with E-state index in [1.165, 1.54) is 6.07 Å². The van der Waals surface area contributed by atoms with Crippen molar-refractivity contribution in [2.24, 2.45) is 0 Å². The zero-order valence-electron chi connectivity index (χ0n) is 15.5. The molecular formula is C20H25FN4O2. The van der Waals surface area contributed by atoms with Gasteiger partial charge in [0.25, 0.3) is 0 Å². The summed E-state index contributed by atoms with van der Waals surface area (Å²) in [6.07, 6.45) is 0. The SMILES string of the molecule is COc1cccc(NC(=O)NCCN2CCN(c3ccccc3F)CC2)c1. The summed E-state index contributed by atoms with van der Waals surface area (Å²) in [7, 11) is 1.59. The van der Waals surface area contributed by atoms with Crippen LogP contribution in [0.3, 0.4) is 0 Å². The Hall–Kier alpha value is -2.80. The van der Waals surface area contributed by atoms with Crippen LogP contribution in [0.2, 0.25) is 0 Å². The maximum atomic E-state index is 13.9. The molecule has 1 fully saturated rings. The van der Waals surface area contributed by atoms with E-state index in [2.05, 4.69) is 20.4 Å². The van der Waals surface area contributed by atoms with Gasteiger partial charge in [0.2, 0.25) is 0 Å². The number of amides is 2. The highest BCUT2D eigenvalue weighted by Crippen LogP contribution is 2.20. The second kappa shape index (κ2) is 9.23. The Kier molecular flexibility index (Phi) is 6.49. The molecule has 1 aliphatic rings. The van der Waals surface area contributed by atoms with E-state index in [1.54, 1.807) is 19.2 Å². The Morgan fingerprint density at radius 1 is 1.11 bits per heavy atom. The van der Waals surface area contributed by atoms with Crippen LogP contribution in [0.1, 0.15) is 0 Å². The van der Waals surface area contributed by atoms with Crippen LogP contribution in [-0.4, -0.2) is 57.3 Å². The summed E-state index contributed by atoms with van der Waals surface area (Å²) in [5.41, 5.74) is 1.35. The van der Waals surface area contributed by atoms with Gasteiger partial charge in [-0.3, -0.25) is 4.90 Å². The van der Waals surface area contributed by atoms with Crippen molar-refractivity contribution in [1.29, 1.82) is 0 Å². The zero-order valence-corrected chi connectivity index (χ0v) is 15.5. The molecule has 0 bridgehead atoms. The molecule has 1 heterocycles. The summed E-state index contributed by atoms with van der Waals surface area (Å²) < 4.78 is 19.0. The third kappa shape index (κ3) is 5.34. The molecule has 0 spiro atoms. The van der Waals surface area contributed by atoms with Crippen molar-refractivity contribution in [3.8, 4) is 5.75 Å². The lowest BCUT2D eigenvalue weighted by Crippen LogP contribution is -2.49. The van der Waals surface area contributed by atoms with Crippen molar-refractivity contribution in [2.45, 2.75) is 0 Å². The highest BCUT2D eigenvalue weighted by Gasteiger charge is 2.19. The Morgan fingerprint density at radius 3 is 2.63 bits per heavy atom. The van der Waals surface area contributed by atoms with E-state index in [0.29, 0.717) is 23.7 Å². The van der Waals surface area contributed by atoms with Crippen molar-refractivity contribution >= 4 is 17.4 Å². The van der Waals surface area contributed by atoms with Crippen LogP contribution in [-0.2, 0) is 0 Å². The Labute approximate surface area is 158 Å². The average Bonchev–Trinajstić information content (AvgIpc) is 2.69. The number of nitrogens with one attached hydrogen (secondary N) is 2. The first-order valence-electron chi connectivity index (χ1n) is 9.06. The maximum Gasteiger partial charge on any atom is 0.319 e. The van der Waals surface area contributed by atoms with Gasteiger partial charge in [-0.05, 0) is 24.3 Å². The highest BCUT2D eigenvalue weighted by molar-refractivity contribution is 5.89. The van der Waals surface area contributed by atoms with Gasteiger partial charge in [0.1, 0.15) is 11.6 Å². The van der Waals surface area contributed by atoms with Gasteiger partial charge in [0, 0.05) is 51.0 Å². The van der Waals surface area contributed by atoms with Gasteiger partial charge in [-0.1, -0.05) is 18.2 Å². The monoisotopic (exact) mass is 372 g/mol. The van der Waals surface area contributed by atoms with Crippen molar-refractivity contribution < 1.29 is 13.9 Å². The number of urea groups is 1. The van der Waals surface area contributed by atoms with Crippen LogP contribution in [0.5, 0.6) is 5.75 Å². The fourth-order valence-corrected chi connectivity index (χ4v) is 3.12. The number of halogens is 1. The summed E-state index contributed by atoms with van der Waals surface area (Å²) >= 11 is 0. The van der Waals surface area contributed by atoms with Gasteiger partial charge in [-0.25, -0.2) is 9.18 Å². The highest BCUT2D eigenvalue weighted by atomic mass is 19.1. The van der Waals surface area contributed by atoms with Crippen LogP contribution >= 0.6 is 0 Å². The molecule has 27 heavy (non-hydrogen) atoms. The molecule has 3 rings (SSSR count). The number of carbonyl (C=O) groups is 1.